The summed E-state index contributed by atoms with van der Waals surface area (Å²) in [6, 6.07) is 11.3. The van der Waals surface area contributed by atoms with Crippen molar-refractivity contribution in [3.05, 3.63) is 69.7 Å². The summed E-state index contributed by atoms with van der Waals surface area (Å²) < 4.78 is 27.0. The van der Waals surface area contributed by atoms with Crippen LogP contribution in [0.5, 0.6) is 0 Å². The van der Waals surface area contributed by atoms with E-state index in [0.29, 0.717) is 5.56 Å². The highest BCUT2D eigenvalue weighted by Crippen LogP contribution is 2.20. The first kappa shape index (κ1) is 16.1. The Balaban J connectivity index is 1.97. The second kappa shape index (κ2) is 7.11. The van der Waals surface area contributed by atoms with Crippen LogP contribution in [0.15, 0.2) is 46.9 Å². The molecule has 2 N–H and O–H groups in total. The van der Waals surface area contributed by atoms with Gasteiger partial charge in [0, 0.05) is 17.1 Å². The largest absolute Gasteiger partial charge is 0.387 e. The minimum atomic E-state index is -0.952. The molecule has 2 unspecified atom stereocenters. The molecule has 2 rings (SSSR count). The van der Waals surface area contributed by atoms with Gasteiger partial charge < -0.3 is 10.4 Å². The van der Waals surface area contributed by atoms with Crippen LogP contribution in [0.25, 0.3) is 0 Å². The minimum absolute atomic E-state index is 0.0300. The van der Waals surface area contributed by atoms with Gasteiger partial charge in [-0.1, -0.05) is 34.1 Å². The van der Waals surface area contributed by atoms with Gasteiger partial charge >= 0.3 is 0 Å². The molecule has 0 saturated carbocycles. The molecule has 5 heteroatoms. The molecular weight excluding hydrogens is 340 g/mol. The van der Waals surface area contributed by atoms with Crippen molar-refractivity contribution in [1.29, 1.82) is 0 Å². The van der Waals surface area contributed by atoms with Crippen LogP contribution in [-0.4, -0.2) is 11.7 Å². The van der Waals surface area contributed by atoms with E-state index in [4.69, 9.17) is 0 Å². The number of hydrogen-bond donors (Lipinski definition) is 2. The number of halogens is 3. The summed E-state index contributed by atoms with van der Waals surface area (Å²) in [6.45, 7) is 2.22. The molecule has 2 aromatic rings. The van der Waals surface area contributed by atoms with Gasteiger partial charge in [0.1, 0.15) is 0 Å². The van der Waals surface area contributed by atoms with Crippen LogP contribution in [0.3, 0.4) is 0 Å². The summed E-state index contributed by atoms with van der Waals surface area (Å²) in [5, 5.41) is 13.2. The number of aliphatic hydroxyl groups excluding tert-OH is 1. The highest BCUT2D eigenvalue weighted by molar-refractivity contribution is 9.10. The van der Waals surface area contributed by atoms with E-state index in [1.165, 1.54) is 6.07 Å². The van der Waals surface area contributed by atoms with Crippen molar-refractivity contribution in [2.45, 2.75) is 19.1 Å². The Bertz CT molecular complexity index is 621. The number of benzene rings is 2. The van der Waals surface area contributed by atoms with Gasteiger partial charge in [0.2, 0.25) is 0 Å². The fourth-order valence-electron chi connectivity index (χ4n) is 2.02. The maximum absolute atomic E-state index is 13.1. The molecule has 0 heterocycles. The average molecular weight is 356 g/mol. The number of nitrogens with one attached hydrogen (secondary N) is 1. The van der Waals surface area contributed by atoms with Gasteiger partial charge in [0.05, 0.1) is 6.10 Å². The second-order valence-corrected chi connectivity index (χ2v) is 5.79. The van der Waals surface area contributed by atoms with E-state index in [0.717, 1.165) is 22.2 Å². The average Bonchev–Trinajstić information content (AvgIpc) is 2.47. The molecule has 112 valence electrons. The number of aliphatic hydroxyl groups is 1. The van der Waals surface area contributed by atoms with Crippen molar-refractivity contribution < 1.29 is 13.9 Å². The van der Waals surface area contributed by atoms with E-state index in [-0.39, 0.29) is 12.6 Å². The molecule has 0 spiro atoms. The zero-order chi connectivity index (χ0) is 15.4. The van der Waals surface area contributed by atoms with E-state index in [1.807, 2.05) is 31.2 Å². The topological polar surface area (TPSA) is 32.3 Å². The zero-order valence-corrected chi connectivity index (χ0v) is 13.1. The molecule has 0 bridgehead atoms. The van der Waals surface area contributed by atoms with Crippen LogP contribution in [0.4, 0.5) is 8.78 Å². The molecule has 0 saturated heterocycles. The molecular formula is C16H16BrF2NO. The molecule has 0 fully saturated rings. The molecule has 0 radical (unpaired) electrons. The first-order valence-corrected chi connectivity index (χ1v) is 7.38. The van der Waals surface area contributed by atoms with Gasteiger partial charge in [-0.3, -0.25) is 0 Å². The highest BCUT2D eigenvalue weighted by atomic mass is 79.9. The Morgan fingerprint density at radius 1 is 1.10 bits per heavy atom. The predicted molar refractivity (Wildman–Crippen MR) is 81.9 cm³/mol. The van der Waals surface area contributed by atoms with E-state index < -0.39 is 17.7 Å². The number of hydrogen-bond acceptors (Lipinski definition) is 2. The molecule has 0 aliphatic heterocycles. The second-order valence-electron chi connectivity index (χ2n) is 4.87. The maximum Gasteiger partial charge on any atom is 0.159 e. The first-order chi connectivity index (χ1) is 9.97. The molecule has 0 aliphatic carbocycles. The minimum Gasteiger partial charge on any atom is -0.387 e. The summed E-state index contributed by atoms with van der Waals surface area (Å²) in [6.07, 6.45) is -0.894. The van der Waals surface area contributed by atoms with Gasteiger partial charge in [-0.15, -0.1) is 0 Å². The lowest BCUT2D eigenvalue weighted by atomic mass is 10.1. The first-order valence-electron chi connectivity index (χ1n) is 6.59. The third kappa shape index (κ3) is 4.33. The molecule has 2 atom stereocenters. The monoisotopic (exact) mass is 355 g/mol. The molecule has 21 heavy (non-hydrogen) atoms. The quantitative estimate of drug-likeness (QED) is 0.845. The zero-order valence-electron chi connectivity index (χ0n) is 11.5. The lowest BCUT2D eigenvalue weighted by Gasteiger charge is -2.18. The third-order valence-electron chi connectivity index (χ3n) is 3.29. The Morgan fingerprint density at radius 2 is 1.86 bits per heavy atom. The van der Waals surface area contributed by atoms with Gasteiger partial charge in [0.25, 0.3) is 0 Å². The molecule has 0 amide bonds. The molecule has 0 aromatic heterocycles. The van der Waals surface area contributed by atoms with Crippen molar-refractivity contribution in [3.63, 3.8) is 0 Å². The van der Waals surface area contributed by atoms with Crippen LogP contribution in [0.1, 0.15) is 30.2 Å². The summed E-state index contributed by atoms with van der Waals surface area (Å²) in [4.78, 5) is 0. The fourth-order valence-corrected chi connectivity index (χ4v) is 2.44. The van der Waals surface area contributed by atoms with Crippen LogP contribution >= 0.6 is 15.9 Å². The molecule has 0 aliphatic rings. The van der Waals surface area contributed by atoms with Crippen LogP contribution in [0, 0.1) is 11.6 Å². The van der Waals surface area contributed by atoms with Crippen LogP contribution < -0.4 is 5.32 Å². The van der Waals surface area contributed by atoms with Gasteiger partial charge in [0.15, 0.2) is 11.6 Å². The van der Waals surface area contributed by atoms with Crippen LogP contribution in [-0.2, 0) is 0 Å². The van der Waals surface area contributed by atoms with Crippen molar-refractivity contribution >= 4 is 15.9 Å². The van der Waals surface area contributed by atoms with Crippen LogP contribution in [0.2, 0.25) is 0 Å². The van der Waals surface area contributed by atoms with Gasteiger partial charge in [-0.05, 0) is 42.3 Å². The lowest BCUT2D eigenvalue weighted by Crippen LogP contribution is -2.24. The van der Waals surface area contributed by atoms with Gasteiger partial charge in [-0.2, -0.15) is 0 Å². The van der Waals surface area contributed by atoms with Crippen molar-refractivity contribution in [1.82, 2.24) is 5.32 Å². The highest BCUT2D eigenvalue weighted by Gasteiger charge is 2.13. The standard InChI is InChI=1S/C16H16BrF2NO/c1-10(11-3-2-4-13(17)7-11)20-9-16(21)12-5-6-14(18)15(19)8-12/h2-8,10,16,20-21H,9H2,1H3. The molecule has 2 aromatic carbocycles. The Morgan fingerprint density at radius 3 is 2.52 bits per heavy atom. The number of rotatable bonds is 5. The summed E-state index contributed by atoms with van der Waals surface area (Å²) in [5.41, 5.74) is 1.42. The molecule has 2 nitrogen and oxygen atoms in total. The Hall–Kier alpha value is -1.30. The normalized spacial score (nSPS) is 14.0. The Kier molecular flexibility index (Phi) is 5.45. The summed E-state index contributed by atoms with van der Waals surface area (Å²) in [5.74, 6) is -1.87. The predicted octanol–water partition coefficient (Wildman–Crippen LogP) is 4.11. The maximum atomic E-state index is 13.1. The van der Waals surface area contributed by atoms with Crippen molar-refractivity contribution in [2.24, 2.45) is 0 Å². The van der Waals surface area contributed by atoms with Crippen molar-refractivity contribution in [2.75, 3.05) is 6.54 Å². The lowest BCUT2D eigenvalue weighted by molar-refractivity contribution is 0.170. The third-order valence-corrected chi connectivity index (χ3v) is 3.79. The Labute approximate surface area is 130 Å². The van der Waals surface area contributed by atoms with Gasteiger partial charge in [-0.25, -0.2) is 8.78 Å². The van der Waals surface area contributed by atoms with Crippen molar-refractivity contribution in [3.8, 4) is 0 Å². The van der Waals surface area contributed by atoms with E-state index >= 15 is 0 Å². The van der Waals surface area contributed by atoms with E-state index in [1.54, 1.807) is 0 Å². The SMILES string of the molecule is CC(NCC(O)c1ccc(F)c(F)c1)c1cccc(Br)c1. The smallest absolute Gasteiger partial charge is 0.159 e. The summed E-state index contributed by atoms with van der Waals surface area (Å²) in [7, 11) is 0. The van der Waals surface area contributed by atoms with E-state index in [9.17, 15) is 13.9 Å². The van der Waals surface area contributed by atoms with E-state index in [2.05, 4.69) is 21.2 Å². The fraction of sp³-hybridized carbons (Fsp3) is 0.250. The summed E-state index contributed by atoms with van der Waals surface area (Å²) >= 11 is 3.41.